The predicted octanol–water partition coefficient (Wildman–Crippen LogP) is 3.56. The molecule has 1 aromatic carbocycles. The van der Waals surface area contributed by atoms with Crippen molar-refractivity contribution in [3.05, 3.63) is 23.8 Å². The highest BCUT2D eigenvalue weighted by atomic mass is 16.5. The van der Waals surface area contributed by atoms with Gasteiger partial charge in [-0.2, -0.15) is 0 Å². The van der Waals surface area contributed by atoms with Gasteiger partial charge in [0.2, 0.25) is 0 Å². The highest BCUT2D eigenvalue weighted by molar-refractivity contribution is 5.47. The van der Waals surface area contributed by atoms with Gasteiger partial charge >= 0.3 is 0 Å². The summed E-state index contributed by atoms with van der Waals surface area (Å²) in [5.74, 6) is 2.47. The van der Waals surface area contributed by atoms with Crippen LogP contribution in [-0.4, -0.2) is 19.3 Å². The van der Waals surface area contributed by atoms with Crippen molar-refractivity contribution in [3.63, 3.8) is 0 Å². The molecule has 1 aliphatic carbocycles. The van der Waals surface area contributed by atoms with Crippen LogP contribution in [0.2, 0.25) is 0 Å². The second-order valence-electron chi connectivity index (χ2n) is 5.55. The fourth-order valence-corrected chi connectivity index (χ4v) is 3.00. The summed E-state index contributed by atoms with van der Waals surface area (Å²) in [6, 6.07) is 5.70. The number of ether oxygens (including phenoxy) is 2. The van der Waals surface area contributed by atoms with Gasteiger partial charge in [0.25, 0.3) is 0 Å². The van der Waals surface area contributed by atoms with Gasteiger partial charge in [-0.1, -0.05) is 31.9 Å². The molecule has 0 aliphatic heterocycles. The topological polar surface area (TPSA) is 38.7 Å². The number of rotatable bonds is 4. The molecule has 1 atom stereocenters. The Bertz CT molecular complexity index is 408. The zero-order chi connectivity index (χ0) is 13.8. The highest BCUT2D eigenvalue weighted by Crippen LogP contribution is 2.42. The average molecular weight is 264 g/mol. The average Bonchev–Trinajstić information content (AvgIpc) is 2.46. The van der Waals surface area contributed by atoms with Crippen molar-refractivity contribution in [2.24, 2.45) is 11.8 Å². The molecule has 1 saturated carbocycles. The number of para-hydroxylation sites is 1. The van der Waals surface area contributed by atoms with Crippen LogP contribution < -0.4 is 9.47 Å². The molecule has 2 rings (SSSR count). The number of hydrogen-bond donors (Lipinski definition) is 1. The summed E-state index contributed by atoms with van der Waals surface area (Å²) in [4.78, 5) is 0. The van der Waals surface area contributed by atoms with Crippen molar-refractivity contribution in [1.82, 2.24) is 0 Å². The summed E-state index contributed by atoms with van der Waals surface area (Å²) in [6.07, 6.45) is 4.12. The SMILES string of the molecule is COc1cccc(C(O)C2CCC(C)CC2)c1OC. The van der Waals surface area contributed by atoms with Gasteiger partial charge in [0.15, 0.2) is 11.5 Å². The zero-order valence-corrected chi connectivity index (χ0v) is 12.1. The molecule has 1 aliphatic rings. The Hall–Kier alpha value is -1.22. The molecule has 3 nitrogen and oxygen atoms in total. The van der Waals surface area contributed by atoms with E-state index < -0.39 is 6.10 Å². The van der Waals surface area contributed by atoms with Crippen molar-refractivity contribution in [2.75, 3.05) is 14.2 Å². The van der Waals surface area contributed by atoms with Crippen molar-refractivity contribution >= 4 is 0 Å². The van der Waals surface area contributed by atoms with Crippen LogP contribution >= 0.6 is 0 Å². The standard InChI is InChI=1S/C16H24O3/c1-11-7-9-12(10-8-11)15(17)13-5-4-6-14(18-2)16(13)19-3/h4-6,11-12,15,17H,7-10H2,1-3H3. The van der Waals surface area contributed by atoms with Crippen LogP contribution in [0.1, 0.15) is 44.3 Å². The lowest BCUT2D eigenvalue weighted by Gasteiger charge is -2.30. The normalized spacial score (nSPS) is 24.8. The second kappa shape index (κ2) is 6.29. The van der Waals surface area contributed by atoms with Gasteiger partial charge < -0.3 is 14.6 Å². The molecule has 1 unspecified atom stereocenters. The number of methoxy groups -OCH3 is 2. The molecule has 0 spiro atoms. The zero-order valence-electron chi connectivity index (χ0n) is 12.1. The van der Waals surface area contributed by atoms with Gasteiger partial charge in [-0.3, -0.25) is 0 Å². The van der Waals surface area contributed by atoms with Crippen molar-refractivity contribution < 1.29 is 14.6 Å². The van der Waals surface area contributed by atoms with Gasteiger partial charge in [0, 0.05) is 5.56 Å². The number of benzene rings is 1. The minimum absolute atomic E-state index is 0.331. The summed E-state index contributed by atoms with van der Waals surface area (Å²) in [5, 5.41) is 10.6. The Balaban J connectivity index is 2.21. The van der Waals surface area contributed by atoms with Crippen LogP contribution in [0.4, 0.5) is 0 Å². The maximum atomic E-state index is 10.6. The third-order valence-corrected chi connectivity index (χ3v) is 4.26. The molecule has 0 aromatic heterocycles. The third kappa shape index (κ3) is 3.03. The minimum atomic E-state index is -0.461. The Morgan fingerprint density at radius 2 is 1.79 bits per heavy atom. The van der Waals surface area contributed by atoms with Crippen LogP contribution in [0.25, 0.3) is 0 Å². The molecule has 0 bridgehead atoms. The maximum Gasteiger partial charge on any atom is 0.166 e. The van der Waals surface area contributed by atoms with Crippen LogP contribution in [0, 0.1) is 11.8 Å². The van der Waals surface area contributed by atoms with Gasteiger partial charge in [-0.15, -0.1) is 0 Å². The fraction of sp³-hybridized carbons (Fsp3) is 0.625. The first kappa shape index (κ1) is 14.2. The molecule has 3 heteroatoms. The Kier molecular flexibility index (Phi) is 4.70. The van der Waals surface area contributed by atoms with E-state index in [1.54, 1.807) is 14.2 Å². The van der Waals surface area contributed by atoms with Gasteiger partial charge in [0.05, 0.1) is 20.3 Å². The van der Waals surface area contributed by atoms with E-state index in [0.717, 1.165) is 24.3 Å². The molecule has 1 fully saturated rings. The van der Waals surface area contributed by atoms with Crippen molar-refractivity contribution in [2.45, 2.75) is 38.7 Å². The third-order valence-electron chi connectivity index (χ3n) is 4.26. The summed E-state index contributed by atoms with van der Waals surface area (Å²) in [5.41, 5.74) is 0.849. The van der Waals surface area contributed by atoms with E-state index in [-0.39, 0.29) is 0 Å². The summed E-state index contributed by atoms with van der Waals surface area (Å²) in [6.45, 7) is 2.29. The Morgan fingerprint density at radius 1 is 1.11 bits per heavy atom. The minimum Gasteiger partial charge on any atom is -0.493 e. The first-order valence-electron chi connectivity index (χ1n) is 7.06. The second-order valence-corrected chi connectivity index (χ2v) is 5.55. The van der Waals surface area contributed by atoms with Crippen molar-refractivity contribution in [1.29, 1.82) is 0 Å². The Labute approximate surface area is 115 Å². The van der Waals surface area contributed by atoms with Gasteiger partial charge in [-0.05, 0) is 30.7 Å². The number of hydrogen-bond acceptors (Lipinski definition) is 3. The monoisotopic (exact) mass is 264 g/mol. The molecular weight excluding hydrogens is 240 g/mol. The van der Waals surface area contributed by atoms with Crippen LogP contribution in [0.15, 0.2) is 18.2 Å². The molecule has 19 heavy (non-hydrogen) atoms. The van der Waals surface area contributed by atoms with E-state index in [0.29, 0.717) is 17.4 Å². The molecule has 106 valence electrons. The van der Waals surface area contributed by atoms with E-state index in [4.69, 9.17) is 9.47 Å². The van der Waals surface area contributed by atoms with E-state index in [1.807, 2.05) is 18.2 Å². The largest absolute Gasteiger partial charge is 0.493 e. The molecule has 0 radical (unpaired) electrons. The van der Waals surface area contributed by atoms with Crippen LogP contribution in [0.5, 0.6) is 11.5 Å². The van der Waals surface area contributed by atoms with E-state index in [1.165, 1.54) is 12.8 Å². The molecule has 0 heterocycles. The molecular formula is C16H24O3. The highest BCUT2D eigenvalue weighted by Gasteiger charge is 2.28. The maximum absolute atomic E-state index is 10.6. The Morgan fingerprint density at radius 3 is 2.37 bits per heavy atom. The first-order valence-corrected chi connectivity index (χ1v) is 7.06. The van der Waals surface area contributed by atoms with E-state index in [2.05, 4.69) is 6.92 Å². The lowest BCUT2D eigenvalue weighted by atomic mass is 9.78. The van der Waals surface area contributed by atoms with Gasteiger partial charge in [0.1, 0.15) is 0 Å². The van der Waals surface area contributed by atoms with Crippen LogP contribution in [-0.2, 0) is 0 Å². The summed E-state index contributed by atoms with van der Waals surface area (Å²) in [7, 11) is 3.24. The first-order chi connectivity index (χ1) is 9.17. The molecule has 0 amide bonds. The van der Waals surface area contributed by atoms with E-state index in [9.17, 15) is 5.11 Å². The summed E-state index contributed by atoms with van der Waals surface area (Å²) < 4.78 is 10.7. The number of aliphatic hydroxyl groups excluding tert-OH is 1. The summed E-state index contributed by atoms with van der Waals surface area (Å²) >= 11 is 0. The lowest BCUT2D eigenvalue weighted by molar-refractivity contribution is 0.0731. The predicted molar refractivity (Wildman–Crippen MR) is 75.6 cm³/mol. The number of aliphatic hydroxyl groups is 1. The fourth-order valence-electron chi connectivity index (χ4n) is 3.00. The van der Waals surface area contributed by atoms with Crippen molar-refractivity contribution in [3.8, 4) is 11.5 Å². The lowest BCUT2D eigenvalue weighted by Crippen LogP contribution is -2.19. The quantitative estimate of drug-likeness (QED) is 0.903. The molecule has 0 saturated heterocycles. The van der Waals surface area contributed by atoms with Gasteiger partial charge in [-0.25, -0.2) is 0 Å². The van der Waals surface area contributed by atoms with Crippen LogP contribution in [0.3, 0.4) is 0 Å². The molecule has 1 aromatic rings. The molecule has 1 N–H and O–H groups in total. The smallest absolute Gasteiger partial charge is 0.166 e. The van der Waals surface area contributed by atoms with E-state index >= 15 is 0 Å².